The van der Waals surface area contributed by atoms with Crippen molar-refractivity contribution in [1.29, 1.82) is 0 Å². The zero-order chi connectivity index (χ0) is 28.6. The van der Waals surface area contributed by atoms with E-state index in [0.717, 1.165) is 8.95 Å². The molecule has 0 radical (unpaired) electrons. The molecule has 8 nitrogen and oxygen atoms in total. The van der Waals surface area contributed by atoms with Crippen LogP contribution in [0.15, 0.2) is 118 Å². The van der Waals surface area contributed by atoms with Gasteiger partial charge in [0.15, 0.2) is 0 Å². The molecule has 0 aromatic heterocycles. The lowest BCUT2D eigenvalue weighted by molar-refractivity contribution is 0.0846. The average molecular weight is 675 g/mol. The van der Waals surface area contributed by atoms with Gasteiger partial charge < -0.3 is 0 Å². The van der Waals surface area contributed by atoms with Crippen LogP contribution in [-0.2, 0) is 0 Å². The molecule has 0 unspecified atom stereocenters. The first kappa shape index (κ1) is 31.4. The minimum Gasteiger partial charge on any atom is -0.290 e. The Morgan fingerprint density at radius 2 is 0.846 bits per heavy atom. The van der Waals surface area contributed by atoms with Crippen molar-refractivity contribution in [3.05, 3.63) is 140 Å². The van der Waals surface area contributed by atoms with Gasteiger partial charge in [-0.1, -0.05) is 80.4 Å². The molecule has 0 aliphatic heterocycles. The molecule has 3 amide bonds. The fourth-order valence-electron chi connectivity index (χ4n) is 2.70. The van der Waals surface area contributed by atoms with Gasteiger partial charge in [-0.15, -0.1) is 0 Å². The predicted octanol–water partition coefficient (Wildman–Crippen LogP) is 5.64. The molecule has 11 heteroatoms. The predicted molar refractivity (Wildman–Crippen MR) is 158 cm³/mol. The molecule has 5 N–H and O–H groups in total. The van der Waals surface area contributed by atoms with Crippen LogP contribution in [0.25, 0.3) is 0 Å². The SMILES string of the molecule is NNC(=O)c1ccc(Br)cc1.O=C(Cl)c1ccccc1.O=C(NNC(=O)c1ccc(Br)cc1)c1ccccc1. The summed E-state index contributed by atoms with van der Waals surface area (Å²) in [4.78, 5) is 44.7. The van der Waals surface area contributed by atoms with E-state index in [-0.39, 0.29) is 17.7 Å². The van der Waals surface area contributed by atoms with Gasteiger partial charge in [-0.2, -0.15) is 0 Å². The van der Waals surface area contributed by atoms with E-state index in [1.807, 2.05) is 17.6 Å². The number of carbonyl (C=O) groups excluding carboxylic acids is 4. The van der Waals surface area contributed by atoms with Gasteiger partial charge >= 0.3 is 0 Å². The number of hydrogen-bond acceptors (Lipinski definition) is 5. The molecule has 0 saturated heterocycles. The van der Waals surface area contributed by atoms with Gasteiger partial charge in [0.2, 0.25) is 0 Å². The van der Waals surface area contributed by atoms with Gasteiger partial charge in [0.1, 0.15) is 0 Å². The highest BCUT2D eigenvalue weighted by Gasteiger charge is 2.08. The molecular formula is C28H23Br2ClN4O4. The highest BCUT2D eigenvalue weighted by molar-refractivity contribution is 9.10. The van der Waals surface area contributed by atoms with E-state index in [4.69, 9.17) is 17.4 Å². The second-order valence-electron chi connectivity index (χ2n) is 7.40. The topological polar surface area (TPSA) is 130 Å². The van der Waals surface area contributed by atoms with E-state index in [0.29, 0.717) is 22.3 Å². The Balaban J connectivity index is 0.000000226. The Bertz CT molecular complexity index is 1370. The number of halogens is 3. The van der Waals surface area contributed by atoms with E-state index in [2.05, 4.69) is 42.7 Å². The number of hydrazine groups is 2. The second-order valence-corrected chi connectivity index (χ2v) is 9.58. The number of amides is 3. The molecule has 39 heavy (non-hydrogen) atoms. The lowest BCUT2D eigenvalue weighted by Crippen LogP contribution is -2.41. The molecule has 0 atom stereocenters. The number of carbonyl (C=O) groups is 4. The molecule has 4 aromatic carbocycles. The van der Waals surface area contributed by atoms with Crippen molar-refractivity contribution in [2.75, 3.05) is 0 Å². The number of rotatable bonds is 4. The summed E-state index contributed by atoms with van der Waals surface area (Å²) < 4.78 is 1.82. The van der Waals surface area contributed by atoms with Gasteiger partial charge in [0.05, 0.1) is 0 Å². The number of nitrogen functional groups attached to an aromatic ring is 1. The van der Waals surface area contributed by atoms with Crippen LogP contribution in [0.1, 0.15) is 41.4 Å². The van der Waals surface area contributed by atoms with Crippen LogP contribution in [0.4, 0.5) is 0 Å². The van der Waals surface area contributed by atoms with Crippen molar-refractivity contribution in [3.8, 4) is 0 Å². The Kier molecular flexibility index (Phi) is 13.6. The summed E-state index contributed by atoms with van der Waals surface area (Å²) in [5.41, 5.74) is 8.82. The van der Waals surface area contributed by atoms with Crippen molar-refractivity contribution in [3.63, 3.8) is 0 Å². The third kappa shape index (κ3) is 11.6. The number of nitrogens with two attached hydrogens (primary N) is 1. The number of hydrogen-bond donors (Lipinski definition) is 4. The summed E-state index contributed by atoms with van der Waals surface area (Å²) in [6, 6.07) is 31.2. The standard InChI is InChI=1S/C14H11BrN2O2.C7H7BrN2O.C7H5ClO/c15-12-8-6-11(7-9-12)14(19)17-16-13(18)10-4-2-1-3-5-10;8-6-3-1-5(2-4-6)7(11)10-9;8-7(9)6-4-2-1-3-5-6/h1-9H,(H,16,18)(H,17,19);1-4H,9H2,(H,10,11);1-5H. The third-order valence-corrected chi connectivity index (χ3v) is 5.95. The normalized spacial score (nSPS) is 9.44. The fourth-order valence-corrected chi connectivity index (χ4v) is 3.36. The van der Waals surface area contributed by atoms with Gasteiger partial charge in [0, 0.05) is 31.2 Å². The minimum absolute atomic E-state index is 0.280. The zero-order valence-corrected chi connectivity index (χ0v) is 24.2. The first-order valence-electron chi connectivity index (χ1n) is 11.1. The Morgan fingerprint density at radius 3 is 1.18 bits per heavy atom. The zero-order valence-electron chi connectivity index (χ0n) is 20.2. The smallest absolute Gasteiger partial charge is 0.269 e. The minimum atomic E-state index is -0.407. The Morgan fingerprint density at radius 1 is 0.513 bits per heavy atom. The molecule has 0 saturated carbocycles. The van der Waals surface area contributed by atoms with Crippen molar-refractivity contribution in [1.82, 2.24) is 16.3 Å². The molecule has 200 valence electrons. The molecule has 0 aliphatic carbocycles. The number of nitrogens with one attached hydrogen (secondary N) is 3. The molecule has 0 fully saturated rings. The summed E-state index contributed by atoms with van der Waals surface area (Å²) in [7, 11) is 0. The van der Waals surface area contributed by atoms with Crippen LogP contribution in [0, 0.1) is 0 Å². The van der Waals surface area contributed by atoms with Crippen molar-refractivity contribution >= 4 is 66.4 Å². The maximum atomic E-state index is 11.8. The highest BCUT2D eigenvalue weighted by Crippen LogP contribution is 2.11. The molecule has 0 spiro atoms. The van der Waals surface area contributed by atoms with Crippen LogP contribution in [-0.4, -0.2) is 23.0 Å². The lowest BCUT2D eigenvalue weighted by atomic mass is 10.2. The molecule has 0 bridgehead atoms. The van der Waals surface area contributed by atoms with Crippen molar-refractivity contribution < 1.29 is 19.2 Å². The maximum Gasteiger partial charge on any atom is 0.269 e. The van der Waals surface area contributed by atoms with E-state index >= 15 is 0 Å². The molecule has 4 aromatic rings. The maximum absolute atomic E-state index is 11.8. The van der Waals surface area contributed by atoms with Gasteiger partial charge in [-0.3, -0.25) is 35.5 Å². The highest BCUT2D eigenvalue weighted by atomic mass is 79.9. The van der Waals surface area contributed by atoms with Gasteiger partial charge in [-0.25, -0.2) is 5.84 Å². The largest absolute Gasteiger partial charge is 0.290 e. The van der Waals surface area contributed by atoms with Crippen LogP contribution in [0.5, 0.6) is 0 Å². The molecule has 4 rings (SSSR count). The van der Waals surface area contributed by atoms with Gasteiger partial charge in [0.25, 0.3) is 23.0 Å². The third-order valence-electron chi connectivity index (χ3n) is 4.67. The number of benzene rings is 4. The molecule has 0 heterocycles. The van der Waals surface area contributed by atoms with Crippen LogP contribution in [0.3, 0.4) is 0 Å². The summed E-state index contributed by atoms with van der Waals surface area (Å²) >= 11 is 11.7. The monoisotopic (exact) mass is 672 g/mol. The summed E-state index contributed by atoms with van der Waals surface area (Å²) in [5.74, 6) is 3.93. The van der Waals surface area contributed by atoms with Crippen LogP contribution < -0.4 is 22.1 Å². The Labute approximate surface area is 247 Å². The summed E-state index contributed by atoms with van der Waals surface area (Å²) in [6.07, 6.45) is 0. The van der Waals surface area contributed by atoms with E-state index in [9.17, 15) is 19.2 Å². The van der Waals surface area contributed by atoms with E-state index in [1.165, 1.54) is 0 Å². The molecule has 0 aliphatic rings. The summed E-state index contributed by atoms with van der Waals surface area (Å²) in [5, 5.41) is -0.407. The van der Waals surface area contributed by atoms with Crippen LogP contribution >= 0.6 is 43.5 Å². The van der Waals surface area contributed by atoms with Crippen molar-refractivity contribution in [2.24, 2.45) is 5.84 Å². The molecular weight excluding hydrogens is 652 g/mol. The van der Waals surface area contributed by atoms with Gasteiger partial charge in [-0.05, 0) is 72.3 Å². The second kappa shape index (κ2) is 16.9. The van der Waals surface area contributed by atoms with Crippen LogP contribution in [0.2, 0.25) is 0 Å². The van der Waals surface area contributed by atoms with E-state index in [1.54, 1.807) is 97.1 Å². The Hall–Kier alpha value is -3.83. The summed E-state index contributed by atoms with van der Waals surface area (Å²) in [6.45, 7) is 0. The van der Waals surface area contributed by atoms with Crippen molar-refractivity contribution in [2.45, 2.75) is 0 Å². The lowest BCUT2D eigenvalue weighted by Gasteiger charge is -2.07. The average Bonchev–Trinajstić information content (AvgIpc) is 2.97. The van der Waals surface area contributed by atoms with E-state index < -0.39 is 5.24 Å². The fraction of sp³-hybridized carbons (Fsp3) is 0. The first-order valence-corrected chi connectivity index (χ1v) is 13.1. The first-order chi connectivity index (χ1) is 18.7. The quantitative estimate of drug-likeness (QED) is 0.0964.